The second-order valence-electron chi connectivity index (χ2n) is 5.13. The van der Waals surface area contributed by atoms with Crippen LogP contribution < -0.4 is 10.9 Å². The molecule has 1 amide bonds. The lowest BCUT2D eigenvalue weighted by molar-refractivity contribution is 0.0911. The molecule has 0 aromatic carbocycles. The fourth-order valence-electron chi connectivity index (χ4n) is 1.82. The van der Waals surface area contributed by atoms with E-state index < -0.39 is 0 Å². The molecule has 8 nitrogen and oxygen atoms in total. The second-order valence-corrected chi connectivity index (χ2v) is 5.13. The number of aromatic nitrogens is 5. The molecule has 0 spiro atoms. The third kappa shape index (κ3) is 3.74. The van der Waals surface area contributed by atoms with E-state index in [1.165, 1.54) is 19.2 Å². The molecule has 0 saturated carbocycles. The van der Waals surface area contributed by atoms with Crippen molar-refractivity contribution in [2.24, 2.45) is 13.0 Å². The molecule has 0 aliphatic carbocycles. The van der Waals surface area contributed by atoms with Gasteiger partial charge in [0.15, 0.2) is 0 Å². The molecule has 112 valence electrons. The lowest BCUT2D eigenvalue weighted by atomic mass is 10.0. The Morgan fingerprint density at radius 1 is 1.38 bits per heavy atom. The Hall–Kier alpha value is -2.51. The molecule has 2 aromatic heterocycles. The van der Waals surface area contributed by atoms with Crippen molar-refractivity contribution in [3.05, 3.63) is 40.6 Å². The Labute approximate surface area is 121 Å². The molecule has 1 atom stereocenters. The van der Waals surface area contributed by atoms with Crippen LogP contribution in [0.2, 0.25) is 0 Å². The van der Waals surface area contributed by atoms with Crippen LogP contribution in [-0.4, -0.2) is 36.7 Å². The van der Waals surface area contributed by atoms with E-state index in [9.17, 15) is 9.59 Å². The van der Waals surface area contributed by atoms with E-state index in [1.807, 2.05) is 13.8 Å². The monoisotopic (exact) mass is 290 g/mol. The highest BCUT2D eigenvalue weighted by atomic mass is 16.2. The highest BCUT2D eigenvalue weighted by Crippen LogP contribution is 2.05. The lowest BCUT2D eigenvalue weighted by Crippen LogP contribution is -2.42. The number of amides is 1. The number of carbonyl (C=O) groups is 1. The summed E-state index contributed by atoms with van der Waals surface area (Å²) in [5, 5.41) is 14.5. The van der Waals surface area contributed by atoms with E-state index in [2.05, 4.69) is 20.7 Å². The summed E-state index contributed by atoms with van der Waals surface area (Å²) >= 11 is 0. The van der Waals surface area contributed by atoms with Crippen molar-refractivity contribution in [2.75, 3.05) is 0 Å². The van der Waals surface area contributed by atoms with Gasteiger partial charge in [0.05, 0.1) is 18.8 Å². The van der Waals surface area contributed by atoms with Gasteiger partial charge in [0.2, 0.25) is 0 Å². The molecule has 2 rings (SSSR count). The van der Waals surface area contributed by atoms with Crippen LogP contribution in [0.25, 0.3) is 0 Å². The smallest absolute Gasteiger partial charge is 0.272 e. The summed E-state index contributed by atoms with van der Waals surface area (Å²) in [4.78, 5) is 23.5. The minimum absolute atomic E-state index is 0.113. The highest BCUT2D eigenvalue weighted by Gasteiger charge is 2.19. The molecule has 2 heterocycles. The summed E-state index contributed by atoms with van der Waals surface area (Å²) in [5.74, 6) is -0.102. The largest absolute Gasteiger partial charge is 0.346 e. The Balaban J connectivity index is 2.10. The zero-order chi connectivity index (χ0) is 15.4. The molecule has 1 N–H and O–H groups in total. The summed E-state index contributed by atoms with van der Waals surface area (Å²) in [5.41, 5.74) is -0.0454. The minimum atomic E-state index is -0.315. The van der Waals surface area contributed by atoms with Crippen LogP contribution >= 0.6 is 0 Å². The molecule has 0 radical (unpaired) electrons. The average Bonchev–Trinajstić information content (AvgIpc) is 2.93. The van der Waals surface area contributed by atoms with Crippen LogP contribution in [0.15, 0.2) is 29.3 Å². The zero-order valence-electron chi connectivity index (χ0n) is 12.2. The molecule has 0 aliphatic heterocycles. The molecule has 0 unspecified atom stereocenters. The fourth-order valence-corrected chi connectivity index (χ4v) is 1.82. The van der Waals surface area contributed by atoms with E-state index >= 15 is 0 Å². The Morgan fingerprint density at radius 2 is 2.14 bits per heavy atom. The standard InChI is InChI=1S/C13H18N6O2/c1-9(2)11(8-19-7-6-14-17-19)15-13(21)10-4-5-12(20)18(3)16-10/h4-7,9,11H,8H2,1-3H3,(H,15,21)/t11-/m1/s1. The van der Waals surface area contributed by atoms with E-state index in [1.54, 1.807) is 17.1 Å². The summed E-state index contributed by atoms with van der Waals surface area (Å²) in [6.45, 7) is 4.54. The SMILES string of the molecule is CC(C)[C@@H](Cn1ccnn1)NC(=O)c1ccc(=O)n(C)n1. The molecule has 21 heavy (non-hydrogen) atoms. The van der Waals surface area contributed by atoms with Gasteiger partial charge in [-0.05, 0) is 12.0 Å². The Kier molecular flexibility index (Phi) is 4.46. The number of nitrogens with zero attached hydrogens (tertiary/aromatic N) is 5. The predicted molar refractivity (Wildman–Crippen MR) is 75.6 cm³/mol. The second kappa shape index (κ2) is 6.29. The van der Waals surface area contributed by atoms with Crippen LogP contribution in [-0.2, 0) is 13.6 Å². The zero-order valence-corrected chi connectivity index (χ0v) is 12.2. The van der Waals surface area contributed by atoms with Crippen molar-refractivity contribution in [3.63, 3.8) is 0 Å². The first-order valence-electron chi connectivity index (χ1n) is 6.66. The number of nitrogens with one attached hydrogen (secondary N) is 1. The van der Waals surface area contributed by atoms with Gasteiger partial charge in [0.25, 0.3) is 11.5 Å². The first kappa shape index (κ1) is 14.9. The maximum atomic E-state index is 12.2. The molecular weight excluding hydrogens is 272 g/mol. The lowest BCUT2D eigenvalue weighted by Gasteiger charge is -2.21. The van der Waals surface area contributed by atoms with Gasteiger partial charge in [-0.3, -0.25) is 14.3 Å². The van der Waals surface area contributed by atoms with Gasteiger partial charge in [-0.1, -0.05) is 19.1 Å². The maximum absolute atomic E-state index is 12.2. The number of hydrogen-bond acceptors (Lipinski definition) is 5. The molecule has 8 heteroatoms. The van der Waals surface area contributed by atoms with Gasteiger partial charge >= 0.3 is 0 Å². The van der Waals surface area contributed by atoms with Gasteiger partial charge < -0.3 is 5.32 Å². The normalized spacial score (nSPS) is 12.4. The van der Waals surface area contributed by atoms with Crippen molar-refractivity contribution in [3.8, 4) is 0 Å². The maximum Gasteiger partial charge on any atom is 0.272 e. The van der Waals surface area contributed by atoms with Crippen LogP contribution in [0.5, 0.6) is 0 Å². The molecule has 0 aliphatic rings. The van der Waals surface area contributed by atoms with Crippen molar-refractivity contribution in [1.82, 2.24) is 30.1 Å². The summed E-state index contributed by atoms with van der Waals surface area (Å²) in [7, 11) is 1.51. The van der Waals surface area contributed by atoms with E-state index in [0.29, 0.717) is 6.54 Å². The van der Waals surface area contributed by atoms with Crippen molar-refractivity contribution < 1.29 is 4.79 Å². The fraction of sp³-hybridized carbons (Fsp3) is 0.462. The summed E-state index contributed by atoms with van der Waals surface area (Å²) in [6, 6.07) is 2.63. The highest BCUT2D eigenvalue weighted by molar-refractivity contribution is 5.92. The third-order valence-electron chi connectivity index (χ3n) is 3.17. The van der Waals surface area contributed by atoms with Gasteiger partial charge in [-0.2, -0.15) is 5.10 Å². The van der Waals surface area contributed by atoms with E-state index in [-0.39, 0.29) is 29.1 Å². The van der Waals surface area contributed by atoms with Gasteiger partial charge in [-0.25, -0.2) is 4.68 Å². The average molecular weight is 290 g/mol. The number of rotatable bonds is 5. The summed E-state index contributed by atoms with van der Waals surface area (Å²) < 4.78 is 2.80. The number of aryl methyl sites for hydroxylation is 1. The van der Waals surface area contributed by atoms with Gasteiger partial charge in [0, 0.05) is 19.3 Å². The predicted octanol–water partition coefficient (Wildman–Crippen LogP) is -0.174. The first-order valence-corrected chi connectivity index (χ1v) is 6.66. The van der Waals surface area contributed by atoms with Crippen molar-refractivity contribution in [2.45, 2.75) is 26.4 Å². The third-order valence-corrected chi connectivity index (χ3v) is 3.17. The van der Waals surface area contributed by atoms with Crippen LogP contribution in [0.1, 0.15) is 24.3 Å². The topological polar surface area (TPSA) is 94.7 Å². The quantitative estimate of drug-likeness (QED) is 0.824. The van der Waals surface area contributed by atoms with Crippen molar-refractivity contribution >= 4 is 5.91 Å². The first-order chi connectivity index (χ1) is 9.97. The molecule has 0 saturated heterocycles. The van der Waals surface area contributed by atoms with E-state index in [0.717, 1.165) is 4.68 Å². The van der Waals surface area contributed by atoms with Gasteiger partial charge in [0.1, 0.15) is 5.69 Å². The number of carbonyl (C=O) groups excluding carboxylic acids is 1. The molecule has 2 aromatic rings. The van der Waals surface area contributed by atoms with Crippen LogP contribution in [0, 0.1) is 5.92 Å². The summed E-state index contributed by atoms with van der Waals surface area (Å²) in [6.07, 6.45) is 3.33. The van der Waals surface area contributed by atoms with Gasteiger partial charge in [-0.15, -0.1) is 5.10 Å². The van der Waals surface area contributed by atoms with Crippen LogP contribution in [0.4, 0.5) is 0 Å². The Bertz CT molecular complexity index is 662. The molecule has 0 fully saturated rings. The van der Waals surface area contributed by atoms with Crippen molar-refractivity contribution in [1.29, 1.82) is 0 Å². The Morgan fingerprint density at radius 3 is 2.71 bits per heavy atom. The number of hydrogen-bond donors (Lipinski definition) is 1. The molecule has 0 bridgehead atoms. The van der Waals surface area contributed by atoms with E-state index in [4.69, 9.17) is 0 Å². The minimum Gasteiger partial charge on any atom is -0.346 e. The molecular formula is C13H18N6O2. The van der Waals surface area contributed by atoms with Crippen LogP contribution in [0.3, 0.4) is 0 Å².